The first-order valence-electron chi connectivity index (χ1n) is 8.64. The van der Waals surface area contributed by atoms with E-state index in [0.29, 0.717) is 18.0 Å². The van der Waals surface area contributed by atoms with Crippen LogP contribution in [0.15, 0.2) is 59.5 Å². The van der Waals surface area contributed by atoms with E-state index in [1.165, 1.54) is 4.90 Å². The Morgan fingerprint density at radius 3 is 2.52 bits per heavy atom. The van der Waals surface area contributed by atoms with Crippen LogP contribution in [0.3, 0.4) is 0 Å². The molecule has 7 heteroatoms. The molecule has 27 heavy (non-hydrogen) atoms. The highest BCUT2D eigenvalue weighted by atomic mass is 32.2. The number of ether oxygens (including phenoxy) is 1. The third kappa shape index (κ3) is 8.15. The summed E-state index contributed by atoms with van der Waals surface area (Å²) in [4.78, 5) is 26.9. The molecule has 0 heterocycles. The van der Waals surface area contributed by atoms with Crippen LogP contribution < -0.4 is 15.4 Å². The van der Waals surface area contributed by atoms with Gasteiger partial charge in [-0.05, 0) is 31.3 Å². The van der Waals surface area contributed by atoms with Crippen molar-refractivity contribution >= 4 is 29.3 Å². The lowest BCUT2D eigenvalue weighted by Gasteiger charge is -2.16. The molecule has 0 bridgehead atoms. The van der Waals surface area contributed by atoms with Crippen LogP contribution in [0.25, 0.3) is 0 Å². The summed E-state index contributed by atoms with van der Waals surface area (Å²) in [5.41, 5.74) is 0.662. The zero-order chi connectivity index (χ0) is 19.5. The number of nitrogens with zero attached hydrogens (tertiary/aromatic N) is 1. The molecule has 0 aromatic heterocycles. The molecule has 2 aromatic rings. The third-order valence-electron chi connectivity index (χ3n) is 3.62. The lowest BCUT2D eigenvalue weighted by Crippen LogP contribution is -2.39. The van der Waals surface area contributed by atoms with Crippen molar-refractivity contribution in [3.63, 3.8) is 0 Å². The molecule has 2 N–H and O–H groups in total. The fraction of sp³-hybridized carbons (Fsp3) is 0.300. The van der Waals surface area contributed by atoms with Gasteiger partial charge in [-0.15, -0.1) is 11.8 Å². The van der Waals surface area contributed by atoms with Crippen molar-refractivity contribution in [2.45, 2.75) is 4.90 Å². The largest absolute Gasteiger partial charge is 0.497 e. The van der Waals surface area contributed by atoms with Gasteiger partial charge in [0.15, 0.2) is 0 Å². The van der Waals surface area contributed by atoms with Crippen LogP contribution in [0.4, 0.5) is 5.69 Å². The molecular formula is C20H25N3O3S. The van der Waals surface area contributed by atoms with Crippen LogP contribution in [0.5, 0.6) is 5.75 Å². The van der Waals surface area contributed by atoms with Gasteiger partial charge in [0.2, 0.25) is 11.8 Å². The Morgan fingerprint density at radius 1 is 1.04 bits per heavy atom. The minimum Gasteiger partial charge on any atom is -0.497 e. The van der Waals surface area contributed by atoms with Crippen molar-refractivity contribution in [3.05, 3.63) is 54.6 Å². The first-order valence-corrected chi connectivity index (χ1v) is 9.62. The van der Waals surface area contributed by atoms with Crippen LogP contribution in [0.1, 0.15) is 0 Å². The summed E-state index contributed by atoms with van der Waals surface area (Å²) >= 11 is 1.69. The fourth-order valence-corrected chi connectivity index (χ4v) is 3.17. The minimum absolute atomic E-state index is 0.0969. The second kappa shape index (κ2) is 11.3. The molecule has 0 saturated carbocycles. The Bertz CT molecular complexity index is 740. The molecule has 0 aliphatic rings. The first kappa shape index (κ1) is 20.8. The number of carbonyl (C=O) groups is 2. The number of benzene rings is 2. The van der Waals surface area contributed by atoms with Crippen LogP contribution in [-0.4, -0.2) is 56.3 Å². The van der Waals surface area contributed by atoms with Gasteiger partial charge in [0, 0.05) is 28.9 Å². The van der Waals surface area contributed by atoms with Crippen LogP contribution >= 0.6 is 11.8 Å². The molecule has 0 radical (unpaired) electrons. The van der Waals surface area contributed by atoms with Gasteiger partial charge in [-0.3, -0.25) is 14.5 Å². The zero-order valence-electron chi connectivity index (χ0n) is 15.6. The maximum Gasteiger partial charge on any atom is 0.238 e. The predicted molar refractivity (Wildman–Crippen MR) is 109 cm³/mol. The smallest absolute Gasteiger partial charge is 0.238 e. The molecule has 0 spiro atoms. The van der Waals surface area contributed by atoms with E-state index >= 15 is 0 Å². The Labute approximate surface area is 164 Å². The Balaban J connectivity index is 1.64. The van der Waals surface area contributed by atoms with Crippen LogP contribution in [-0.2, 0) is 9.59 Å². The van der Waals surface area contributed by atoms with E-state index < -0.39 is 0 Å². The van der Waals surface area contributed by atoms with E-state index in [-0.39, 0.29) is 24.9 Å². The molecule has 2 amide bonds. The van der Waals surface area contributed by atoms with Crippen LogP contribution in [0.2, 0.25) is 0 Å². The van der Waals surface area contributed by atoms with E-state index in [9.17, 15) is 9.59 Å². The summed E-state index contributed by atoms with van der Waals surface area (Å²) in [6.45, 7) is 0.882. The van der Waals surface area contributed by atoms with E-state index in [1.807, 2.05) is 36.4 Å². The highest BCUT2D eigenvalue weighted by Crippen LogP contribution is 2.17. The van der Waals surface area contributed by atoms with E-state index in [0.717, 1.165) is 5.75 Å². The number of hydrogen-bond donors (Lipinski definition) is 2. The zero-order valence-corrected chi connectivity index (χ0v) is 16.4. The number of likely N-dealkylation sites (N-methyl/N-ethyl adjacent to an activating group) is 1. The standard InChI is InChI=1S/C20H25N3O3S/c1-23(15-20(25)22-16-7-6-8-17(13-16)26-2)14-19(24)21-11-12-27-18-9-4-3-5-10-18/h3-10,13H,11-12,14-15H2,1-2H3,(H,21,24)(H,22,25). The van der Waals surface area contributed by atoms with Crippen molar-refractivity contribution in [2.75, 3.05) is 44.9 Å². The number of thioether (sulfide) groups is 1. The number of amides is 2. The Kier molecular flexibility index (Phi) is 8.67. The van der Waals surface area contributed by atoms with E-state index in [1.54, 1.807) is 49.0 Å². The number of anilines is 1. The molecule has 2 aromatic carbocycles. The van der Waals surface area contributed by atoms with Crippen LogP contribution in [0, 0.1) is 0 Å². The van der Waals surface area contributed by atoms with Gasteiger partial charge in [-0.1, -0.05) is 24.3 Å². The van der Waals surface area contributed by atoms with Crippen molar-refractivity contribution in [3.8, 4) is 5.75 Å². The van der Waals surface area contributed by atoms with Gasteiger partial charge in [0.25, 0.3) is 0 Å². The second-order valence-electron chi connectivity index (χ2n) is 5.96. The first-order chi connectivity index (χ1) is 13.1. The molecule has 0 unspecified atom stereocenters. The van der Waals surface area contributed by atoms with Gasteiger partial charge in [-0.25, -0.2) is 0 Å². The summed E-state index contributed by atoms with van der Waals surface area (Å²) in [5.74, 6) is 1.20. The molecule has 6 nitrogen and oxygen atoms in total. The molecule has 0 saturated heterocycles. The Morgan fingerprint density at radius 2 is 1.78 bits per heavy atom. The number of methoxy groups -OCH3 is 1. The quantitative estimate of drug-likeness (QED) is 0.484. The molecular weight excluding hydrogens is 362 g/mol. The lowest BCUT2D eigenvalue weighted by atomic mass is 10.3. The second-order valence-corrected chi connectivity index (χ2v) is 7.13. The summed E-state index contributed by atoms with van der Waals surface area (Å²) in [5, 5.41) is 5.67. The van der Waals surface area contributed by atoms with Gasteiger partial charge >= 0.3 is 0 Å². The maximum absolute atomic E-state index is 12.1. The molecule has 2 rings (SSSR count). The number of hydrogen-bond acceptors (Lipinski definition) is 5. The normalized spacial score (nSPS) is 10.5. The van der Waals surface area contributed by atoms with Crippen molar-refractivity contribution in [1.29, 1.82) is 0 Å². The van der Waals surface area contributed by atoms with Crippen molar-refractivity contribution in [1.82, 2.24) is 10.2 Å². The number of carbonyl (C=O) groups excluding carboxylic acids is 2. The highest BCUT2D eigenvalue weighted by molar-refractivity contribution is 7.99. The molecule has 0 fully saturated rings. The van der Waals surface area contributed by atoms with Gasteiger partial charge < -0.3 is 15.4 Å². The van der Waals surface area contributed by atoms with Gasteiger partial charge in [0.05, 0.1) is 20.2 Å². The fourth-order valence-electron chi connectivity index (χ4n) is 2.38. The van der Waals surface area contributed by atoms with Gasteiger partial charge in [-0.2, -0.15) is 0 Å². The summed E-state index contributed by atoms with van der Waals surface area (Å²) in [6.07, 6.45) is 0. The maximum atomic E-state index is 12.1. The average molecular weight is 388 g/mol. The predicted octanol–water partition coefficient (Wildman–Crippen LogP) is 2.47. The topological polar surface area (TPSA) is 70.7 Å². The van der Waals surface area contributed by atoms with E-state index in [4.69, 9.17) is 4.74 Å². The van der Waals surface area contributed by atoms with Gasteiger partial charge in [0.1, 0.15) is 5.75 Å². The SMILES string of the molecule is COc1cccc(NC(=O)CN(C)CC(=O)NCCSc2ccccc2)c1. The average Bonchev–Trinajstić information content (AvgIpc) is 2.66. The Hall–Kier alpha value is -2.51. The molecule has 0 atom stereocenters. The third-order valence-corrected chi connectivity index (χ3v) is 4.63. The molecule has 0 aliphatic carbocycles. The summed E-state index contributed by atoms with van der Waals surface area (Å²) in [7, 11) is 3.31. The number of rotatable bonds is 10. The molecule has 144 valence electrons. The lowest BCUT2D eigenvalue weighted by molar-refractivity contribution is -0.122. The van der Waals surface area contributed by atoms with E-state index in [2.05, 4.69) is 10.6 Å². The highest BCUT2D eigenvalue weighted by Gasteiger charge is 2.11. The van der Waals surface area contributed by atoms with Crippen molar-refractivity contribution in [2.24, 2.45) is 0 Å². The summed E-state index contributed by atoms with van der Waals surface area (Å²) in [6, 6.07) is 17.2. The monoisotopic (exact) mass is 387 g/mol. The van der Waals surface area contributed by atoms with Crippen molar-refractivity contribution < 1.29 is 14.3 Å². The number of nitrogens with one attached hydrogen (secondary N) is 2. The minimum atomic E-state index is -0.182. The molecule has 0 aliphatic heterocycles. The summed E-state index contributed by atoms with van der Waals surface area (Å²) < 4.78 is 5.13.